The number of carbonyl (C=O) groups is 2. The number of aryl methyl sites for hydroxylation is 1. The predicted octanol–water partition coefficient (Wildman–Crippen LogP) is 18.1. The molecule has 0 spiro atoms. The number of hydrogen-bond acceptors (Lipinski definition) is 15. The van der Waals surface area contributed by atoms with E-state index in [1.165, 1.54) is 106 Å². The number of anilines is 3. The normalized spacial score (nSPS) is 14.5. The number of likely N-dealkylation sites (N-methyl/N-ethyl adjacent to an activating group) is 2. The number of carbonyl (C=O) groups excluding carboxylic acids is 2. The van der Waals surface area contributed by atoms with Crippen molar-refractivity contribution >= 4 is 52.2 Å². The van der Waals surface area contributed by atoms with Crippen molar-refractivity contribution in [2.75, 3.05) is 109 Å². The maximum Gasteiger partial charge on any atom is 0.298 e. The van der Waals surface area contributed by atoms with Crippen molar-refractivity contribution in [3.63, 3.8) is 0 Å². The summed E-state index contributed by atoms with van der Waals surface area (Å²) in [5, 5.41) is 4.22. The second kappa shape index (κ2) is 47.5. The van der Waals surface area contributed by atoms with Crippen molar-refractivity contribution in [3.8, 4) is 11.5 Å². The summed E-state index contributed by atoms with van der Waals surface area (Å²) in [6.07, 6.45) is 20.4. The van der Waals surface area contributed by atoms with E-state index >= 15 is 0 Å². The van der Waals surface area contributed by atoms with Crippen LogP contribution in [0.15, 0.2) is 173 Å². The van der Waals surface area contributed by atoms with E-state index in [4.69, 9.17) is 23.0 Å². The van der Waals surface area contributed by atoms with Crippen LogP contribution in [0.3, 0.4) is 0 Å². The van der Waals surface area contributed by atoms with Crippen molar-refractivity contribution < 1.29 is 32.6 Å². The molecule has 16 nitrogen and oxygen atoms in total. The number of thioether (sulfide) groups is 1. The highest BCUT2D eigenvalue weighted by Gasteiger charge is 2.34. The van der Waals surface area contributed by atoms with Crippen LogP contribution in [-0.4, -0.2) is 142 Å². The van der Waals surface area contributed by atoms with Crippen LogP contribution in [0.5, 0.6) is 0 Å². The molecule has 2 fully saturated rings. The average molecular weight is 1390 g/mol. The zero-order valence-corrected chi connectivity index (χ0v) is 63.1. The molecule has 100 heavy (non-hydrogen) atoms. The van der Waals surface area contributed by atoms with Crippen LogP contribution >= 0.6 is 11.8 Å². The Morgan fingerprint density at radius 3 is 1.88 bits per heavy atom. The van der Waals surface area contributed by atoms with E-state index in [-0.39, 0.29) is 17.9 Å². The van der Waals surface area contributed by atoms with Crippen molar-refractivity contribution in [2.24, 2.45) is 5.92 Å². The highest BCUT2D eigenvalue weighted by atomic mass is 32.2. The van der Waals surface area contributed by atoms with E-state index in [1.54, 1.807) is 27.5 Å². The van der Waals surface area contributed by atoms with Crippen LogP contribution in [-0.2, 0) is 43.3 Å². The number of ether oxygens (including phenoxy) is 3. The first-order chi connectivity index (χ1) is 48.8. The zero-order valence-electron chi connectivity index (χ0n) is 62.3. The molecular weight excluding hydrogens is 1270 g/mol. The number of benzene rings is 5. The lowest BCUT2D eigenvalue weighted by atomic mass is 9.94. The second-order valence-corrected chi connectivity index (χ2v) is 27.8. The fourth-order valence-corrected chi connectivity index (χ4v) is 13.7. The lowest BCUT2D eigenvalue weighted by Gasteiger charge is -2.33. The van der Waals surface area contributed by atoms with Crippen LogP contribution in [0.25, 0.3) is 22.6 Å². The molecule has 0 saturated carbocycles. The van der Waals surface area contributed by atoms with Gasteiger partial charge in [-0.1, -0.05) is 195 Å². The largest absolute Gasteiger partial charge is 0.441 e. The molecule has 2 saturated heterocycles. The SMILES string of the molecule is CCC(=O)NC(CC(C)C)c1ccccc1N1CCCCC1.CCCCCCC[C@@H]1S[C@@H](CC(=O)N(Cc2ccccc2)Cc2ccccc2)CN1CCCCC.COCCN(C)c1ccccn1.COCCN(C)c1nc2ccccc2o1.COCCc1nc(-c2ccccc2)oc1C. The number of hydrogen-bond donors (Lipinski definition) is 1. The summed E-state index contributed by atoms with van der Waals surface area (Å²) in [5.41, 5.74) is 8.66. The predicted molar refractivity (Wildman–Crippen MR) is 415 cm³/mol. The Labute approximate surface area is 604 Å². The molecule has 2 aliphatic heterocycles. The topological polar surface area (TPSA) is 155 Å². The zero-order chi connectivity index (χ0) is 71.5. The third kappa shape index (κ3) is 29.6. The first kappa shape index (κ1) is 81.4. The van der Waals surface area contributed by atoms with E-state index in [0.29, 0.717) is 67.6 Å². The van der Waals surface area contributed by atoms with Gasteiger partial charge in [-0.25, -0.2) is 9.97 Å². The van der Waals surface area contributed by atoms with Gasteiger partial charge in [-0.15, -0.1) is 11.8 Å². The van der Waals surface area contributed by atoms with Gasteiger partial charge in [0.15, 0.2) is 5.58 Å². The summed E-state index contributed by atoms with van der Waals surface area (Å²) in [5.74, 6) is 3.51. The molecule has 2 aliphatic rings. The van der Waals surface area contributed by atoms with Crippen LogP contribution in [0.1, 0.15) is 165 Å². The van der Waals surface area contributed by atoms with Crippen molar-refractivity contribution in [2.45, 2.75) is 174 Å². The van der Waals surface area contributed by atoms with Gasteiger partial charge < -0.3 is 48.0 Å². The monoisotopic (exact) mass is 1390 g/mol. The minimum absolute atomic E-state index is 0.116. The van der Waals surface area contributed by atoms with Gasteiger partial charge in [0.05, 0.1) is 36.9 Å². The molecule has 17 heteroatoms. The number of piperidine rings is 1. The number of unbranched alkanes of at least 4 members (excludes halogenated alkanes) is 6. The minimum Gasteiger partial charge on any atom is -0.441 e. The molecule has 544 valence electrons. The fraction of sp³-hybridized carbons (Fsp3) is 0.506. The molecule has 0 bridgehead atoms. The summed E-state index contributed by atoms with van der Waals surface area (Å²) in [7, 11) is 9.00. The van der Waals surface area contributed by atoms with Crippen LogP contribution in [0.2, 0.25) is 0 Å². The Balaban J connectivity index is 0.000000209. The van der Waals surface area contributed by atoms with Gasteiger partial charge in [0.25, 0.3) is 6.01 Å². The summed E-state index contributed by atoms with van der Waals surface area (Å²) >= 11 is 2.08. The van der Waals surface area contributed by atoms with Gasteiger partial charge in [0.2, 0.25) is 17.7 Å². The van der Waals surface area contributed by atoms with Crippen LogP contribution in [0.4, 0.5) is 17.5 Å². The summed E-state index contributed by atoms with van der Waals surface area (Å²) in [4.78, 5) is 49.8. The van der Waals surface area contributed by atoms with E-state index in [2.05, 4.69) is 152 Å². The highest BCUT2D eigenvalue weighted by Crippen LogP contribution is 2.37. The fourth-order valence-electron chi connectivity index (χ4n) is 12.0. The van der Waals surface area contributed by atoms with Gasteiger partial charge in [-0.05, 0) is 117 Å². The lowest BCUT2D eigenvalue weighted by Crippen LogP contribution is -2.34. The molecule has 5 aromatic carbocycles. The molecule has 1 N–H and O–H groups in total. The number of nitrogens with zero attached hydrogens (tertiary/aromatic N) is 8. The third-order valence-corrected chi connectivity index (χ3v) is 19.3. The standard InChI is InChI=1S/C31H46N2OS.C19H30N2O.C13H15NO2.C11H14N2O2.C9H14N2O/c1-3-5-7-8-15-21-31-32(22-16-6-4-2)26-29(35-31)23-30(34)33(24-27-17-11-9-12-18-27)25-28-19-13-10-14-20-28;1-4-19(22)20-17(14-15(2)3)16-10-6-7-11-18(16)21-12-8-5-9-13-21;1-10-12(8-9-15-2)14-13(16-10)11-6-4-3-5-7-11;1-13(7-8-14-2)11-12-9-5-3-4-6-10(9)15-11;1-11(7-8-12-2)9-5-3-4-6-10-9/h9-14,17-20,29,31H,3-8,15-16,21-26H2,1-2H3;6-7,10-11,15,17H,4-5,8-9,12-14H2,1-3H3,(H,20,22);3-7H,8-9H2,1-2H3;3-6H,7-8H2,1-2H3;3-6H,7-8H2,1-2H3/t29-,31-;;;;/m0..../s1. The molecule has 8 aromatic rings. The third-order valence-electron chi connectivity index (χ3n) is 17.7. The molecule has 0 aliphatic carbocycles. The molecule has 1 unspecified atom stereocenters. The summed E-state index contributed by atoms with van der Waals surface area (Å²) < 4.78 is 26.2. The van der Waals surface area contributed by atoms with Gasteiger partial charge in [-0.2, -0.15) is 4.98 Å². The van der Waals surface area contributed by atoms with E-state index in [0.717, 1.165) is 86.1 Å². The summed E-state index contributed by atoms with van der Waals surface area (Å²) in [6, 6.07) is 53.7. The second-order valence-electron chi connectivity index (χ2n) is 26.4. The van der Waals surface area contributed by atoms with E-state index in [1.807, 2.05) is 118 Å². The number of amides is 2. The number of rotatable bonds is 34. The molecule has 3 atom stereocenters. The van der Waals surface area contributed by atoms with Crippen LogP contribution in [0, 0.1) is 12.8 Å². The Kier molecular flexibility index (Phi) is 38.7. The van der Waals surface area contributed by atoms with Crippen molar-refractivity contribution in [3.05, 3.63) is 192 Å². The average Bonchev–Trinajstić information content (AvgIpc) is 1.36. The van der Waals surface area contributed by atoms with Gasteiger partial charge >= 0.3 is 0 Å². The van der Waals surface area contributed by atoms with Gasteiger partial charge in [0.1, 0.15) is 17.1 Å². The number of fused-ring (bicyclic) bond motifs is 1. The molecular formula is C83H119N9O7S. The number of pyridine rings is 1. The van der Waals surface area contributed by atoms with Crippen molar-refractivity contribution in [1.29, 1.82) is 0 Å². The smallest absolute Gasteiger partial charge is 0.298 e. The maximum absolute atomic E-state index is 13.6. The van der Waals surface area contributed by atoms with E-state index < -0.39 is 0 Å². The quantitative estimate of drug-likeness (QED) is 0.0380. The first-order valence-electron chi connectivity index (χ1n) is 36.8. The molecule has 10 rings (SSSR count). The molecule has 0 radical (unpaired) electrons. The van der Waals surface area contributed by atoms with E-state index in [9.17, 15) is 9.59 Å². The Morgan fingerprint density at radius 2 is 1.26 bits per heavy atom. The number of para-hydroxylation sites is 3. The van der Waals surface area contributed by atoms with Gasteiger partial charge in [-0.3, -0.25) is 14.5 Å². The first-order valence-corrected chi connectivity index (χ1v) is 37.8. The van der Waals surface area contributed by atoms with Gasteiger partial charge in [0, 0.05) is 123 Å². The number of nitrogens with one attached hydrogen (secondary N) is 1. The molecule has 3 aromatic heterocycles. The summed E-state index contributed by atoms with van der Waals surface area (Å²) in [6.45, 7) is 22.4. The highest BCUT2D eigenvalue weighted by molar-refractivity contribution is 8.00. The Hall–Kier alpha value is -7.54. The number of aromatic nitrogens is 3. The molecule has 5 heterocycles. The lowest BCUT2D eigenvalue weighted by molar-refractivity contribution is -0.132. The molecule has 2 amide bonds. The Morgan fingerprint density at radius 1 is 0.660 bits per heavy atom. The maximum atomic E-state index is 13.6. The number of methoxy groups -OCH3 is 3. The minimum atomic E-state index is 0.116. The number of oxazole rings is 2. The van der Waals surface area contributed by atoms with Crippen LogP contribution < -0.4 is 20.0 Å². The Bertz CT molecular complexity index is 3350. The van der Waals surface area contributed by atoms with Crippen molar-refractivity contribution in [1.82, 2.24) is 30.1 Å².